The van der Waals surface area contributed by atoms with Crippen LogP contribution in [0.3, 0.4) is 0 Å². The number of ether oxygens (including phenoxy) is 1. The maximum Gasteiger partial charge on any atom is 0.305 e. The lowest BCUT2D eigenvalue weighted by Crippen LogP contribution is -2.07. The molecule has 3 heteroatoms. The van der Waals surface area contributed by atoms with E-state index in [2.05, 4.69) is 12.3 Å². The van der Waals surface area contributed by atoms with Crippen molar-refractivity contribution in [3.8, 4) is 0 Å². The van der Waals surface area contributed by atoms with Crippen molar-refractivity contribution in [2.24, 2.45) is 0 Å². The quantitative estimate of drug-likeness (QED) is 0.385. The summed E-state index contributed by atoms with van der Waals surface area (Å²) in [6.45, 7) is 5.49. The minimum atomic E-state index is -0.341. The lowest BCUT2D eigenvalue weighted by Gasteiger charge is -2.04. The molecule has 1 atom stereocenters. The molecule has 0 aliphatic rings. The average molecular weight is 198 g/mol. The number of carbonyl (C=O) groups is 1. The summed E-state index contributed by atoms with van der Waals surface area (Å²) < 4.78 is 4.91. The van der Waals surface area contributed by atoms with Gasteiger partial charge in [0.15, 0.2) is 0 Å². The molecule has 0 bridgehead atoms. The van der Waals surface area contributed by atoms with E-state index in [4.69, 9.17) is 9.84 Å². The molecule has 0 aliphatic heterocycles. The topological polar surface area (TPSA) is 46.5 Å². The second kappa shape index (κ2) is 8.54. The molecule has 0 aromatic carbocycles. The Morgan fingerprint density at radius 1 is 1.71 bits per heavy atom. The summed E-state index contributed by atoms with van der Waals surface area (Å²) in [5.74, 6) is -0.205. The fraction of sp³-hybridized carbons (Fsp3) is 0.636. The SMILES string of the molecule is C=C=CCCOC(=O)CCCC(C)O. The van der Waals surface area contributed by atoms with Crippen molar-refractivity contribution in [3.63, 3.8) is 0 Å². The molecular weight excluding hydrogens is 180 g/mol. The first-order valence-electron chi connectivity index (χ1n) is 4.84. The molecule has 0 aliphatic carbocycles. The first-order chi connectivity index (χ1) is 6.66. The summed E-state index contributed by atoms with van der Waals surface area (Å²) >= 11 is 0. The molecule has 0 rings (SSSR count). The minimum Gasteiger partial charge on any atom is -0.465 e. The Hall–Kier alpha value is -1.05. The zero-order chi connectivity index (χ0) is 10.8. The van der Waals surface area contributed by atoms with Crippen molar-refractivity contribution in [2.45, 2.75) is 38.7 Å². The van der Waals surface area contributed by atoms with Gasteiger partial charge in [0.2, 0.25) is 0 Å². The lowest BCUT2D eigenvalue weighted by molar-refractivity contribution is -0.143. The predicted octanol–water partition coefficient (Wildman–Crippen LogP) is 1.81. The van der Waals surface area contributed by atoms with Gasteiger partial charge < -0.3 is 9.84 Å². The first kappa shape index (κ1) is 12.9. The van der Waals surface area contributed by atoms with E-state index in [0.29, 0.717) is 32.3 Å². The van der Waals surface area contributed by atoms with Crippen LogP contribution in [0.1, 0.15) is 32.6 Å². The van der Waals surface area contributed by atoms with Gasteiger partial charge in [-0.3, -0.25) is 4.79 Å². The largest absolute Gasteiger partial charge is 0.465 e. The van der Waals surface area contributed by atoms with Gasteiger partial charge in [0.05, 0.1) is 12.7 Å². The van der Waals surface area contributed by atoms with Crippen LogP contribution in [0, 0.1) is 0 Å². The smallest absolute Gasteiger partial charge is 0.305 e. The van der Waals surface area contributed by atoms with Gasteiger partial charge in [0, 0.05) is 12.8 Å². The van der Waals surface area contributed by atoms with Crippen molar-refractivity contribution in [3.05, 3.63) is 18.4 Å². The second-order valence-electron chi connectivity index (χ2n) is 3.16. The third kappa shape index (κ3) is 9.04. The van der Waals surface area contributed by atoms with Crippen molar-refractivity contribution in [1.29, 1.82) is 0 Å². The summed E-state index contributed by atoms with van der Waals surface area (Å²) in [5, 5.41) is 8.94. The van der Waals surface area contributed by atoms with Crippen LogP contribution in [0.4, 0.5) is 0 Å². The predicted molar refractivity (Wildman–Crippen MR) is 54.8 cm³/mol. The Morgan fingerprint density at radius 2 is 2.43 bits per heavy atom. The summed E-state index contributed by atoms with van der Waals surface area (Å²) in [6.07, 6.45) is 3.74. The van der Waals surface area contributed by atoms with Gasteiger partial charge in [0.1, 0.15) is 0 Å². The third-order valence-electron chi connectivity index (χ3n) is 1.67. The highest BCUT2D eigenvalue weighted by Gasteiger charge is 2.03. The van der Waals surface area contributed by atoms with E-state index >= 15 is 0 Å². The molecule has 80 valence electrons. The van der Waals surface area contributed by atoms with E-state index < -0.39 is 0 Å². The van der Waals surface area contributed by atoms with E-state index in [1.165, 1.54) is 0 Å². The van der Waals surface area contributed by atoms with Crippen molar-refractivity contribution < 1.29 is 14.6 Å². The van der Waals surface area contributed by atoms with E-state index in [1.807, 2.05) is 0 Å². The van der Waals surface area contributed by atoms with Crippen molar-refractivity contribution in [1.82, 2.24) is 0 Å². The number of hydrogen-bond donors (Lipinski definition) is 1. The highest BCUT2D eigenvalue weighted by Crippen LogP contribution is 2.01. The maximum absolute atomic E-state index is 11.0. The van der Waals surface area contributed by atoms with Crippen LogP contribution in [0.25, 0.3) is 0 Å². The number of carbonyl (C=O) groups excluding carboxylic acids is 1. The van der Waals surface area contributed by atoms with E-state index in [1.54, 1.807) is 13.0 Å². The molecular formula is C11H18O3. The van der Waals surface area contributed by atoms with Gasteiger partial charge in [-0.1, -0.05) is 6.58 Å². The monoisotopic (exact) mass is 198 g/mol. The summed E-state index contributed by atoms with van der Waals surface area (Å²) in [6, 6.07) is 0. The standard InChI is InChI=1S/C11H18O3/c1-3-4-5-9-14-11(13)8-6-7-10(2)12/h4,10,12H,1,5-9H2,2H3. The van der Waals surface area contributed by atoms with Crippen LogP contribution >= 0.6 is 0 Å². The molecule has 0 amide bonds. The van der Waals surface area contributed by atoms with Crippen LogP contribution in [0.15, 0.2) is 18.4 Å². The molecule has 0 fully saturated rings. The Bertz CT molecular complexity index is 203. The molecule has 1 unspecified atom stereocenters. The van der Waals surface area contributed by atoms with Crippen LogP contribution < -0.4 is 0 Å². The molecule has 0 saturated carbocycles. The Kier molecular flexibility index (Phi) is 7.90. The Labute approximate surface area is 85.1 Å². The average Bonchev–Trinajstić information content (AvgIpc) is 2.12. The van der Waals surface area contributed by atoms with Crippen molar-refractivity contribution >= 4 is 5.97 Å². The molecule has 14 heavy (non-hydrogen) atoms. The zero-order valence-electron chi connectivity index (χ0n) is 8.66. The maximum atomic E-state index is 11.0. The first-order valence-corrected chi connectivity index (χ1v) is 4.84. The molecule has 0 heterocycles. The highest BCUT2D eigenvalue weighted by molar-refractivity contribution is 5.69. The number of aliphatic hydroxyl groups excluding tert-OH is 1. The third-order valence-corrected chi connectivity index (χ3v) is 1.67. The van der Waals surface area contributed by atoms with Gasteiger partial charge in [-0.05, 0) is 25.8 Å². The Morgan fingerprint density at radius 3 is 3.00 bits per heavy atom. The second-order valence-corrected chi connectivity index (χ2v) is 3.16. The number of hydrogen-bond acceptors (Lipinski definition) is 3. The Balaban J connectivity index is 3.32. The molecule has 0 saturated heterocycles. The van der Waals surface area contributed by atoms with E-state index in [0.717, 1.165) is 0 Å². The van der Waals surface area contributed by atoms with Gasteiger partial charge >= 0.3 is 5.97 Å². The van der Waals surface area contributed by atoms with E-state index in [-0.39, 0.29) is 12.1 Å². The van der Waals surface area contributed by atoms with Crippen molar-refractivity contribution in [2.75, 3.05) is 6.61 Å². The molecule has 3 nitrogen and oxygen atoms in total. The molecule has 0 aromatic heterocycles. The molecule has 0 aromatic rings. The van der Waals surface area contributed by atoms with Gasteiger partial charge in [0.25, 0.3) is 0 Å². The van der Waals surface area contributed by atoms with Gasteiger partial charge in [-0.15, -0.1) is 5.73 Å². The molecule has 1 N–H and O–H groups in total. The number of esters is 1. The summed E-state index contributed by atoms with van der Waals surface area (Å²) in [5.41, 5.74) is 2.60. The summed E-state index contributed by atoms with van der Waals surface area (Å²) in [4.78, 5) is 11.0. The lowest BCUT2D eigenvalue weighted by atomic mass is 10.2. The van der Waals surface area contributed by atoms with E-state index in [9.17, 15) is 4.79 Å². The fourth-order valence-electron chi connectivity index (χ4n) is 0.948. The normalized spacial score (nSPS) is 11.6. The van der Waals surface area contributed by atoms with Crippen LogP contribution in [-0.4, -0.2) is 23.8 Å². The zero-order valence-corrected chi connectivity index (χ0v) is 8.66. The van der Waals surface area contributed by atoms with Crippen LogP contribution in [-0.2, 0) is 9.53 Å². The summed E-state index contributed by atoms with van der Waals surface area (Å²) in [7, 11) is 0. The van der Waals surface area contributed by atoms with Gasteiger partial charge in [-0.2, -0.15) is 0 Å². The molecule has 0 spiro atoms. The molecule has 0 radical (unpaired) electrons. The van der Waals surface area contributed by atoms with Crippen LogP contribution in [0.2, 0.25) is 0 Å². The number of rotatable bonds is 7. The van der Waals surface area contributed by atoms with Crippen LogP contribution in [0.5, 0.6) is 0 Å². The minimum absolute atomic E-state index is 0.205. The highest BCUT2D eigenvalue weighted by atomic mass is 16.5. The van der Waals surface area contributed by atoms with Gasteiger partial charge in [-0.25, -0.2) is 0 Å². The fourth-order valence-corrected chi connectivity index (χ4v) is 0.948. The number of aliphatic hydroxyl groups is 1.